The van der Waals surface area contributed by atoms with Crippen LogP contribution in [0.4, 0.5) is 0 Å². The Morgan fingerprint density at radius 3 is 2.71 bits per heavy atom. The number of carboxylic acids is 1. The fourth-order valence-corrected chi connectivity index (χ4v) is 3.29. The number of piperidine rings is 1. The van der Waals surface area contributed by atoms with E-state index in [9.17, 15) is 9.90 Å². The second kappa shape index (κ2) is 7.05. The van der Waals surface area contributed by atoms with E-state index in [1.54, 1.807) is 7.05 Å². The standard InChI is InChI=1S/C17H26N2O2/c1-14-7-6-11-19(13-14)12-10-17(18-2,16(20)21)15-8-4-3-5-9-15/h3-5,8-9,14,18H,6-7,10-13H2,1-2H3,(H,20,21). The van der Waals surface area contributed by atoms with Gasteiger partial charge in [0, 0.05) is 13.1 Å². The molecule has 0 radical (unpaired) electrons. The second-order valence-electron chi connectivity index (χ2n) is 6.12. The van der Waals surface area contributed by atoms with E-state index in [0.717, 1.165) is 25.2 Å². The number of carbonyl (C=O) groups is 1. The summed E-state index contributed by atoms with van der Waals surface area (Å²) in [6.07, 6.45) is 3.08. The number of likely N-dealkylation sites (N-methyl/N-ethyl adjacent to an activating group) is 1. The molecule has 116 valence electrons. The van der Waals surface area contributed by atoms with Gasteiger partial charge in [0.25, 0.3) is 0 Å². The van der Waals surface area contributed by atoms with Crippen LogP contribution in [-0.4, -0.2) is 42.7 Å². The van der Waals surface area contributed by atoms with Gasteiger partial charge < -0.3 is 15.3 Å². The highest BCUT2D eigenvalue weighted by molar-refractivity contribution is 5.80. The van der Waals surface area contributed by atoms with Gasteiger partial charge in [0.05, 0.1) is 0 Å². The molecule has 2 rings (SSSR count). The van der Waals surface area contributed by atoms with Gasteiger partial charge in [0.1, 0.15) is 5.54 Å². The van der Waals surface area contributed by atoms with Gasteiger partial charge in [-0.15, -0.1) is 0 Å². The third-order valence-corrected chi connectivity index (χ3v) is 4.60. The summed E-state index contributed by atoms with van der Waals surface area (Å²) in [6, 6.07) is 9.49. The average molecular weight is 290 g/mol. The molecule has 2 unspecified atom stereocenters. The van der Waals surface area contributed by atoms with E-state index >= 15 is 0 Å². The van der Waals surface area contributed by atoms with E-state index in [2.05, 4.69) is 17.1 Å². The van der Waals surface area contributed by atoms with E-state index in [1.165, 1.54) is 12.8 Å². The Bertz CT molecular complexity index is 463. The van der Waals surface area contributed by atoms with Gasteiger partial charge in [-0.1, -0.05) is 37.3 Å². The Morgan fingerprint density at radius 2 is 2.14 bits per heavy atom. The first kappa shape index (κ1) is 16.0. The van der Waals surface area contributed by atoms with Gasteiger partial charge in [-0.3, -0.25) is 0 Å². The lowest BCUT2D eigenvalue weighted by atomic mass is 9.86. The summed E-state index contributed by atoms with van der Waals surface area (Å²) in [5, 5.41) is 12.8. The molecule has 2 N–H and O–H groups in total. The van der Waals surface area contributed by atoms with Crippen molar-refractivity contribution >= 4 is 5.97 Å². The number of nitrogens with zero attached hydrogens (tertiary/aromatic N) is 1. The highest BCUT2D eigenvalue weighted by Crippen LogP contribution is 2.26. The summed E-state index contributed by atoms with van der Waals surface area (Å²) in [6.45, 7) is 5.24. The number of aliphatic carboxylic acids is 1. The third kappa shape index (κ3) is 3.63. The molecule has 4 heteroatoms. The number of benzene rings is 1. The minimum absolute atomic E-state index is 0.579. The molecule has 1 aliphatic heterocycles. The van der Waals surface area contributed by atoms with Crippen LogP contribution in [0, 0.1) is 5.92 Å². The fourth-order valence-electron chi connectivity index (χ4n) is 3.29. The van der Waals surface area contributed by atoms with E-state index in [1.807, 2.05) is 30.3 Å². The molecule has 1 aliphatic rings. The van der Waals surface area contributed by atoms with Crippen LogP contribution in [0.3, 0.4) is 0 Å². The fraction of sp³-hybridized carbons (Fsp3) is 0.588. The van der Waals surface area contributed by atoms with Crippen LogP contribution in [0.1, 0.15) is 31.7 Å². The molecule has 0 spiro atoms. The van der Waals surface area contributed by atoms with Crippen molar-refractivity contribution in [2.45, 2.75) is 31.7 Å². The molecule has 0 amide bonds. The normalized spacial score (nSPS) is 22.7. The molecule has 0 saturated carbocycles. The largest absolute Gasteiger partial charge is 0.480 e. The van der Waals surface area contributed by atoms with Crippen molar-refractivity contribution in [2.75, 3.05) is 26.7 Å². The molecule has 1 aromatic rings. The van der Waals surface area contributed by atoms with Gasteiger partial charge in [-0.2, -0.15) is 0 Å². The van der Waals surface area contributed by atoms with Crippen molar-refractivity contribution in [3.63, 3.8) is 0 Å². The third-order valence-electron chi connectivity index (χ3n) is 4.60. The van der Waals surface area contributed by atoms with Crippen molar-refractivity contribution in [1.29, 1.82) is 0 Å². The van der Waals surface area contributed by atoms with Crippen molar-refractivity contribution in [3.05, 3.63) is 35.9 Å². The molecule has 4 nitrogen and oxygen atoms in total. The maximum absolute atomic E-state index is 11.9. The smallest absolute Gasteiger partial charge is 0.328 e. The van der Waals surface area contributed by atoms with Gasteiger partial charge in [0.2, 0.25) is 0 Å². The highest BCUT2D eigenvalue weighted by atomic mass is 16.4. The molecular formula is C17H26N2O2. The van der Waals surface area contributed by atoms with Crippen LogP contribution in [-0.2, 0) is 10.3 Å². The Balaban J connectivity index is 2.12. The Kier molecular flexibility index (Phi) is 5.37. The maximum atomic E-state index is 11.9. The first-order chi connectivity index (χ1) is 10.1. The first-order valence-electron chi connectivity index (χ1n) is 7.78. The average Bonchev–Trinajstić information content (AvgIpc) is 2.49. The lowest BCUT2D eigenvalue weighted by Crippen LogP contribution is -2.50. The van der Waals surface area contributed by atoms with Crippen LogP contribution in [0.2, 0.25) is 0 Å². The minimum atomic E-state index is -0.998. The second-order valence-corrected chi connectivity index (χ2v) is 6.12. The quantitative estimate of drug-likeness (QED) is 0.844. The molecule has 1 aromatic carbocycles. The zero-order valence-electron chi connectivity index (χ0n) is 13.0. The number of hydrogen-bond donors (Lipinski definition) is 2. The number of hydrogen-bond acceptors (Lipinski definition) is 3. The summed E-state index contributed by atoms with van der Waals surface area (Å²) in [4.78, 5) is 14.3. The Labute approximate surface area is 127 Å². The Morgan fingerprint density at radius 1 is 1.43 bits per heavy atom. The molecule has 1 fully saturated rings. The van der Waals surface area contributed by atoms with Crippen molar-refractivity contribution in [3.8, 4) is 0 Å². The zero-order chi connectivity index (χ0) is 15.3. The van der Waals surface area contributed by atoms with Crippen molar-refractivity contribution < 1.29 is 9.90 Å². The molecular weight excluding hydrogens is 264 g/mol. The number of likely N-dealkylation sites (tertiary alicyclic amines) is 1. The SMILES string of the molecule is CNC(CCN1CCCC(C)C1)(C(=O)O)c1ccccc1. The lowest BCUT2D eigenvalue weighted by molar-refractivity contribution is -0.145. The Hall–Kier alpha value is -1.39. The van der Waals surface area contributed by atoms with E-state index in [4.69, 9.17) is 0 Å². The topological polar surface area (TPSA) is 52.6 Å². The molecule has 0 bridgehead atoms. The molecule has 2 atom stereocenters. The van der Waals surface area contributed by atoms with Crippen LogP contribution < -0.4 is 5.32 Å². The highest BCUT2D eigenvalue weighted by Gasteiger charge is 2.39. The van der Waals surface area contributed by atoms with Gasteiger partial charge in [-0.25, -0.2) is 4.79 Å². The van der Waals surface area contributed by atoms with Gasteiger partial charge >= 0.3 is 5.97 Å². The van der Waals surface area contributed by atoms with Crippen LogP contribution in [0.25, 0.3) is 0 Å². The van der Waals surface area contributed by atoms with Gasteiger partial charge in [-0.05, 0) is 44.3 Å². The predicted molar refractivity (Wildman–Crippen MR) is 84.3 cm³/mol. The molecule has 0 aromatic heterocycles. The number of carboxylic acid groups (broad SMARTS) is 1. The van der Waals surface area contributed by atoms with E-state index in [0.29, 0.717) is 12.3 Å². The minimum Gasteiger partial charge on any atom is -0.480 e. The van der Waals surface area contributed by atoms with Crippen LogP contribution in [0.5, 0.6) is 0 Å². The van der Waals surface area contributed by atoms with Crippen LogP contribution in [0.15, 0.2) is 30.3 Å². The van der Waals surface area contributed by atoms with Gasteiger partial charge in [0.15, 0.2) is 0 Å². The number of nitrogens with one attached hydrogen (secondary N) is 1. The summed E-state index contributed by atoms with van der Waals surface area (Å²) in [5.41, 5.74) is -0.174. The number of rotatable bonds is 6. The molecule has 1 saturated heterocycles. The molecule has 21 heavy (non-hydrogen) atoms. The monoisotopic (exact) mass is 290 g/mol. The van der Waals surface area contributed by atoms with Crippen molar-refractivity contribution in [1.82, 2.24) is 10.2 Å². The van der Waals surface area contributed by atoms with Crippen molar-refractivity contribution in [2.24, 2.45) is 5.92 Å². The predicted octanol–water partition coefficient (Wildman–Crippen LogP) is 2.31. The van der Waals surface area contributed by atoms with E-state index in [-0.39, 0.29) is 0 Å². The molecule has 0 aliphatic carbocycles. The zero-order valence-corrected chi connectivity index (χ0v) is 13.0. The summed E-state index contributed by atoms with van der Waals surface area (Å²) < 4.78 is 0. The summed E-state index contributed by atoms with van der Waals surface area (Å²) in [5.74, 6) is -0.0921. The maximum Gasteiger partial charge on any atom is 0.328 e. The molecule has 1 heterocycles. The summed E-state index contributed by atoms with van der Waals surface area (Å²) in [7, 11) is 1.74. The summed E-state index contributed by atoms with van der Waals surface area (Å²) >= 11 is 0. The first-order valence-corrected chi connectivity index (χ1v) is 7.78. The lowest BCUT2D eigenvalue weighted by Gasteiger charge is -2.35. The van der Waals surface area contributed by atoms with E-state index < -0.39 is 11.5 Å². The van der Waals surface area contributed by atoms with Crippen LogP contribution >= 0.6 is 0 Å².